The minimum atomic E-state index is 1.15. The van der Waals surface area contributed by atoms with Gasteiger partial charge in [0, 0.05) is 53.1 Å². The van der Waals surface area contributed by atoms with Crippen molar-refractivity contribution in [2.45, 2.75) is 0 Å². The van der Waals surface area contributed by atoms with Gasteiger partial charge in [0.1, 0.15) is 0 Å². The number of nitrogens with zero attached hydrogens (tertiary/aromatic N) is 2. The van der Waals surface area contributed by atoms with Crippen molar-refractivity contribution >= 4 is 75.1 Å². The van der Waals surface area contributed by atoms with Crippen molar-refractivity contribution in [1.82, 2.24) is 9.13 Å². The van der Waals surface area contributed by atoms with Crippen LogP contribution in [0.5, 0.6) is 0 Å². The van der Waals surface area contributed by atoms with Gasteiger partial charge in [-0.25, -0.2) is 0 Å². The minimum absolute atomic E-state index is 1.15. The molecule has 0 N–H and O–H groups in total. The Bertz CT molecular complexity index is 3080. The molecule has 0 aliphatic heterocycles. The molecule has 0 spiro atoms. The van der Waals surface area contributed by atoms with Gasteiger partial charge in [-0.2, -0.15) is 0 Å². The molecule has 0 aliphatic rings. The third-order valence-corrected chi connectivity index (χ3v) is 11.7. The number of aromatic nitrogens is 2. The van der Waals surface area contributed by atoms with Crippen LogP contribution in [-0.2, 0) is 0 Å². The van der Waals surface area contributed by atoms with E-state index in [9.17, 15) is 0 Å². The van der Waals surface area contributed by atoms with Gasteiger partial charge in [-0.15, -0.1) is 11.3 Å². The summed E-state index contributed by atoms with van der Waals surface area (Å²) in [5.74, 6) is 0. The SMILES string of the molecule is c1cc(-c2ccc(-c3ccc4sc5ccccc5c4c3)cc2)cc(-n2c3ccccc3c3cc(-n4c5ccccc5c5ccccc54)ccc32)c1. The van der Waals surface area contributed by atoms with Gasteiger partial charge in [0.05, 0.1) is 22.1 Å². The highest BCUT2D eigenvalue weighted by Crippen LogP contribution is 2.39. The van der Waals surface area contributed by atoms with Gasteiger partial charge in [-0.1, -0.05) is 115 Å². The van der Waals surface area contributed by atoms with Crippen LogP contribution in [0.1, 0.15) is 0 Å². The second kappa shape index (κ2) is 11.0. The second-order valence-corrected chi connectivity index (χ2v) is 14.4. The summed E-state index contributed by atoms with van der Waals surface area (Å²) in [6.07, 6.45) is 0. The summed E-state index contributed by atoms with van der Waals surface area (Å²) in [6.45, 7) is 0. The Kier molecular flexibility index (Phi) is 6.16. The van der Waals surface area contributed by atoms with Crippen LogP contribution in [0.2, 0.25) is 0 Å². The first kappa shape index (κ1) is 28.4. The number of fused-ring (bicyclic) bond motifs is 9. The molecule has 0 fully saturated rings. The molecular weight excluding hydrogens is 637 g/mol. The van der Waals surface area contributed by atoms with Crippen LogP contribution in [0.3, 0.4) is 0 Å². The highest BCUT2D eigenvalue weighted by atomic mass is 32.1. The van der Waals surface area contributed by atoms with Crippen LogP contribution in [-0.4, -0.2) is 9.13 Å². The molecule has 3 heterocycles. The van der Waals surface area contributed by atoms with Gasteiger partial charge in [0.25, 0.3) is 0 Å². The molecule has 0 saturated carbocycles. The number of para-hydroxylation sites is 3. The van der Waals surface area contributed by atoms with Crippen molar-refractivity contribution in [2.24, 2.45) is 0 Å². The van der Waals surface area contributed by atoms with Crippen molar-refractivity contribution < 1.29 is 0 Å². The van der Waals surface area contributed by atoms with Gasteiger partial charge >= 0.3 is 0 Å². The minimum Gasteiger partial charge on any atom is -0.309 e. The van der Waals surface area contributed by atoms with Crippen molar-refractivity contribution in [3.05, 3.63) is 182 Å². The number of thiophene rings is 1. The van der Waals surface area contributed by atoms with Crippen molar-refractivity contribution in [2.75, 3.05) is 0 Å². The molecule has 3 aromatic heterocycles. The molecule has 0 atom stereocenters. The third-order valence-electron chi connectivity index (χ3n) is 10.5. The summed E-state index contributed by atoms with van der Waals surface area (Å²) in [5.41, 5.74) is 12.1. The smallest absolute Gasteiger partial charge is 0.0542 e. The van der Waals surface area contributed by atoms with E-state index < -0.39 is 0 Å². The summed E-state index contributed by atoms with van der Waals surface area (Å²) < 4.78 is 7.49. The Morgan fingerprint density at radius 2 is 0.765 bits per heavy atom. The lowest BCUT2D eigenvalue weighted by molar-refractivity contribution is 1.17. The van der Waals surface area contributed by atoms with E-state index in [4.69, 9.17) is 0 Å². The fourth-order valence-corrected chi connectivity index (χ4v) is 9.25. The maximum atomic E-state index is 2.42. The van der Waals surface area contributed by atoms with E-state index >= 15 is 0 Å². The Hall–Kier alpha value is -6.42. The molecule has 0 amide bonds. The Labute approximate surface area is 298 Å². The fraction of sp³-hybridized carbons (Fsp3) is 0. The molecule has 0 saturated heterocycles. The monoisotopic (exact) mass is 666 g/mol. The normalized spacial score (nSPS) is 11.9. The summed E-state index contributed by atoms with van der Waals surface area (Å²) in [4.78, 5) is 0. The van der Waals surface area contributed by atoms with E-state index in [1.165, 1.54) is 91.7 Å². The molecule has 2 nitrogen and oxygen atoms in total. The summed E-state index contributed by atoms with van der Waals surface area (Å²) in [6, 6.07) is 66.7. The second-order valence-electron chi connectivity index (χ2n) is 13.4. The molecule has 238 valence electrons. The molecule has 11 aromatic rings. The zero-order valence-corrected chi connectivity index (χ0v) is 28.4. The summed E-state index contributed by atoms with van der Waals surface area (Å²) in [7, 11) is 0. The van der Waals surface area contributed by atoms with Crippen molar-refractivity contribution in [3.8, 4) is 33.6 Å². The quantitative estimate of drug-likeness (QED) is 0.177. The predicted octanol–water partition coefficient (Wildman–Crippen LogP) is 13.6. The van der Waals surface area contributed by atoms with Crippen LogP contribution in [0.15, 0.2) is 182 Å². The van der Waals surface area contributed by atoms with Crippen LogP contribution >= 0.6 is 11.3 Å². The van der Waals surface area contributed by atoms with Crippen molar-refractivity contribution in [3.63, 3.8) is 0 Å². The Morgan fingerprint density at radius 3 is 1.43 bits per heavy atom. The first-order valence-electron chi connectivity index (χ1n) is 17.4. The fourth-order valence-electron chi connectivity index (χ4n) is 8.16. The van der Waals surface area contributed by atoms with E-state index in [1.54, 1.807) is 0 Å². The molecule has 3 heteroatoms. The first-order chi connectivity index (χ1) is 25.3. The standard InChI is InChI=1S/C48H30N2S/c1-5-16-43-37(12-1)38-13-2-6-17-44(38)50(43)36-25-26-46-41(30-36)39-14-3-7-18-45(39)49(46)35-11-9-10-33(28-35)31-20-22-32(23-21-31)34-24-27-48-42(29-34)40-15-4-8-19-47(40)51-48/h1-30H. The van der Waals surface area contributed by atoms with Crippen LogP contribution in [0.4, 0.5) is 0 Å². The zero-order valence-electron chi connectivity index (χ0n) is 27.6. The average Bonchev–Trinajstić information content (AvgIpc) is 3.85. The molecular formula is C48H30N2S. The zero-order chi connectivity index (χ0) is 33.5. The number of rotatable bonds is 4. The van der Waals surface area contributed by atoms with E-state index in [-0.39, 0.29) is 0 Å². The Balaban J connectivity index is 1.01. The molecule has 51 heavy (non-hydrogen) atoms. The van der Waals surface area contributed by atoms with Gasteiger partial charge in [0.2, 0.25) is 0 Å². The first-order valence-corrected chi connectivity index (χ1v) is 18.2. The van der Waals surface area contributed by atoms with E-state index in [0.29, 0.717) is 0 Å². The average molecular weight is 667 g/mol. The van der Waals surface area contributed by atoms with Gasteiger partial charge in [-0.3, -0.25) is 0 Å². The summed E-state index contributed by atoms with van der Waals surface area (Å²) >= 11 is 1.86. The molecule has 0 aliphatic carbocycles. The van der Waals surface area contributed by atoms with Crippen molar-refractivity contribution in [1.29, 1.82) is 0 Å². The van der Waals surface area contributed by atoms with Crippen LogP contribution < -0.4 is 0 Å². The predicted molar refractivity (Wildman–Crippen MR) is 219 cm³/mol. The molecule has 0 bridgehead atoms. The lowest BCUT2D eigenvalue weighted by Gasteiger charge is -2.12. The Morgan fingerprint density at radius 1 is 0.275 bits per heavy atom. The maximum Gasteiger partial charge on any atom is 0.0542 e. The van der Waals surface area contributed by atoms with E-state index in [0.717, 1.165) is 5.69 Å². The van der Waals surface area contributed by atoms with E-state index in [2.05, 4.69) is 191 Å². The maximum absolute atomic E-state index is 2.42. The number of benzene rings is 8. The number of hydrogen-bond donors (Lipinski definition) is 0. The van der Waals surface area contributed by atoms with Crippen LogP contribution in [0, 0.1) is 0 Å². The lowest BCUT2D eigenvalue weighted by atomic mass is 9.99. The third kappa shape index (κ3) is 4.35. The topological polar surface area (TPSA) is 9.86 Å². The van der Waals surface area contributed by atoms with Crippen LogP contribution in [0.25, 0.3) is 97.4 Å². The molecule has 11 rings (SSSR count). The highest BCUT2D eigenvalue weighted by Gasteiger charge is 2.16. The molecule has 0 radical (unpaired) electrons. The molecule has 8 aromatic carbocycles. The van der Waals surface area contributed by atoms with Gasteiger partial charge < -0.3 is 9.13 Å². The van der Waals surface area contributed by atoms with Gasteiger partial charge in [-0.05, 0) is 89.0 Å². The number of hydrogen-bond acceptors (Lipinski definition) is 1. The largest absolute Gasteiger partial charge is 0.309 e. The highest BCUT2D eigenvalue weighted by molar-refractivity contribution is 7.25. The van der Waals surface area contributed by atoms with Gasteiger partial charge in [0.15, 0.2) is 0 Å². The summed E-state index contributed by atoms with van der Waals surface area (Å²) in [5, 5.41) is 7.71. The lowest BCUT2D eigenvalue weighted by Crippen LogP contribution is -1.96. The van der Waals surface area contributed by atoms with E-state index in [1.807, 2.05) is 11.3 Å². The molecule has 0 unspecified atom stereocenters.